The maximum absolute atomic E-state index is 5.65. The first-order valence-corrected chi connectivity index (χ1v) is 9.44. The van der Waals surface area contributed by atoms with Gasteiger partial charge in [-0.15, -0.1) is 0 Å². The number of benzene rings is 3. The Bertz CT molecular complexity index is 1160. The summed E-state index contributed by atoms with van der Waals surface area (Å²) in [6, 6.07) is 20.0. The van der Waals surface area contributed by atoms with E-state index in [-0.39, 0.29) is 0 Å². The monoisotopic (exact) mass is 386 g/mol. The molecule has 0 spiro atoms. The number of hydrogen-bond donors (Lipinski definition) is 0. The van der Waals surface area contributed by atoms with Crippen LogP contribution in [0.3, 0.4) is 0 Å². The molecule has 29 heavy (non-hydrogen) atoms. The summed E-state index contributed by atoms with van der Waals surface area (Å²) in [6.45, 7) is 2.60. The van der Waals surface area contributed by atoms with E-state index in [9.17, 15) is 0 Å². The van der Waals surface area contributed by atoms with Crippen LogP contribution in [-0.4, -0.2) is 30.8 Å². The van der Waals surface area contributed by atoms with E-state index in [2.05, 4.69) is 22.1 Å². The lowest BCUT2D eigenvalue weighted by Gasteiger charge is -2.11. The molecular formula is C24H22N2O3. The number of hydrogen-bond acceptors (Lipinski definition) is 5. The molecule has 0 aliphatic carbocycles. The van der Waals surface area contributed by atoms with Gasteiger partial charge < -0.3 is 14.2 Å². The molecule has 0 saturated carbocycles. The molecule has 0 atom stereocenters. The fourth-order valence-corrected chi connectivity index (χ4v) is 3.38. The van der Waals surface area contributed by atoms with Gasteiger partial charge in [0.05, 0.1) is 32.0 Å². The highest BCUT2D eigenvalue weighted by Crippen LogP contribution is 2.35. The van der Waals surface area contributed by atoms with Gasteiger partial charge in [-0.05, 0) is 54.4 Å². The average Bonchev–Trinajstić information content (AvgIpc) is 2.78. The van der Waals surface area contributed by atoms with Crippen molar-refractivity contribution in [3.63, 3.8) is 0 Å². The van der Waals surface area contributed by atoms with Crippen LogP contribution in [0.2, 0.25) is 0 Å². The lowest BCUT2D eigenvalue weighted by molar-refractivity contribution is 0.340. The van der Waals surface area contributed by atoms with Crippen molar-refractivity contribution in [1.82, 2.24) is 9.97 Å². The Balaban J connectivity index is 1.84. The predicted octanol–water partition coefficient (Wildman–Crippen LogP) is 5.38. The Morgan fingerprint density at radius 3 is 2.34 bits per heavy atom. The van der Waals surface area contributed by atoms with Gasteiger partial charge in [-0.25, -0.2) is 9.97 Å². The van der Waals surface area contributed by atoms with Crippen molar-refractivity contribution >= 4 is 10.9 Å². The molecule has 5 nitrogen and oxygen atoms in total. The van der Waals surface area contributed by atoms with Gasteiger partial charge in [-0.3, -0.25) is 0 Å². The fourth-order valence-electron chi connectivity index (χ4n) is 3.38. The Morgan fingerprint density at radius 2 is 1.55 bits per heavy atom. The highest BCUT2D eigenvalue weighted by molar-refractivity contribution is 5.95. The summed E-state index contributed by atoms with van der Waals surface area (Å²) < 4.78 is 16.5. The fraction of sp³-hybridized carbons (Fsp3) is 0.167. The minimum atomic E-state index is 0.622. The van der Waals surface area contributed by atoms with Crippen LogP contribution in [0, 0.1) is 0 Å². The zero-order valence-corrected chi connectivity index (χ0v) is 16.7. The second-order valence-corrected chi connectivity index (χ2v) is 6.48. The quantitative estimate of drug-likeness (QED) is 0.445. The standard InChI is InChI=1S/C24H22N2O3/c1-4-29-19-7-5-6-18(12-19)24-20-13-16(8-10-21(20)25-15-26-24)17-9-11-22(27-2)23(14-17)28-3/h5-15H,4H2,1-3H3. The van der Waals surface area contributed by atoms with Crippen LogP contribution in [0.15, 0.2) is 67.0 Å². The minimum Gasteiger partial charge on any atom is -0.494 e. The summed E-state index contributed by atoms with van der Waals surface area (Å²) in [7, 11) is 3.27. The second-order valence-electron chi connectivity index (χ2n) is 6.48. The molecule has 1 heterocycles. The molecule has 0 radical (unpaired) electrons. The largest absolute Gasteiger partial charge is 0.494 e. The topological polar surface area (TPSA) is 53.5 Å². The van der Waals surface area contributed by atoms with E-state index in [4.69, 9.17) is 14.2 Å². The number of nitrogens with zero attached hydrogens (tertiary/aromatic N) is 2. The molecular weight excluding hydrogens is 364 g/mol. The highest BCUT2D eigenvalue weighted by atomic mass is 16.5. The van der Waals surface area contributed by atoms with E-state index in [0.29, 0.717) is 18.1 Å². The normalized spacial score (nSPS) is 10.7. The summed E-state index contributed by atoms with van der Waals surface area (Å²) in [5.41, 5.74) is 4.84. The Morgan fingerprint density at radius 1 is 0.759 bits per heavy atom. The molecule has 0 unspecified atom stereocenters. The molecule has 146 valence electrons. The zero-order valence-electron chi connectivity index (χ0n) is 16.7. The third kappa shape index (κ3) is 3.72. The van der Waals surface area contributed by atoms with Crippen molar-refractivity contribution in [1.29, 1.82) is 0 Å². The van der Waals surface area contributed by atoms with E-state index in [1.807, 2.05) is 55.5 Å². The maximum Gasteiger partial charge on any atom is 0.161 e. The van der Waals surface area contributed by atoms with Gasteiger partial charge in [-0.1, -0.05) is 24.3 Å². The lowest BCUT2D eigenvalue weighted by atomic mass is 10.00. The third-order valence-corrected chi connectivity index (χ3v) is 4.77. The molecule has 3 aromatic carbocycles. The number of ether oxygens (including phenoxy) is 3. The second kappa shape index (κ2) is 8.19. The SMILES string of the molecule is CCOc1cccc(-c2ncnc3ccc(-c4ccc(OC)c(OC)c4)cc23)c1. The number of fused-ring (bicyclic) bond motifs is 1. The van der Waals surface area contributed by atoms with Crippen LogP contribution in [0.4, 0.5) is 0 Å². The number of aromatic nitrogens is 2. The summed E-state index contributed by atoms with van der Waals surface area (Å²) in [4.78, 5) is 9.00. The third-order valence-electron chi connectivity index (χ3n) is 4.77. The molecule has 1 aromatic heterocycles. The van der Waals surface area contributed by atoms with Crippen molar-refractivity contribution < 1.29 is 14.2 Å². The van der Waals surface area contributed by atoms with Gasteiger partial charge in [-0.2, -0.15) is 0 Å². The van der Waals surface area contributed by atoms with Gasteiger partial charge in [0.2, 0.25) is 0 Å². The van der Waals surface area contributed by atoms with Crippen LogP contribution in [0.1, 0.15) is 6.92 Å². The van der Waals surface area contributed by atoms with E-state index in [1.165, 1.54) is 0 Å². The molecule has 0 aliphatic heterocycles. The molecule has 0 bridgehead atoms. The maximum atomic E-state index is 5.65. The van der Waals surface area contributed by atoms with Crippen molar-refractivity contribution in [3.8, 4) is 39.6 Å². The van der Waals surface area contributed by atoms with Gasteiger partial charge in [0.25, 0.3) is 0 Å². The molecule has 0 N–H and O–H groups in total. The highest BCUT2D eigenvalue weighted by Gasteiger charge is 2.11. The first kappa shape index (κ1) is 18.7. The molecule has 4 rings (SSSR count). The van der Waals surface area contributed by atoms with E-state index in [0.717, 1.165) is 39.0 Å². The van der Waals surface area contributed by atoms with E-state index < -0.39 is 0 Å². The first-order chi connectivity index (χ1) is 14.2. The van der Waals surface area contributed by atoms with Crippen molar-refractivity contribution in [3.05, 3.63) is 67.0 Å². The van der Waals surface area contributed by atoms with Crippen LogP contribution in [-0.2, 0) is 0 Å². The Hall–Kier alpha value is -3.60. The molecule has 5 heteroatoms. The van der Waals surface area contributed by atoms with Gasteiger partial charge in [0.1, 0.15) is 12.1 Å². The average molecular weight is 386 g/mol. The summed E-state index contributed by atoms with van der Waals surface area (Å²) in [5, 5.41) is 0.980. The molecule has 0 fully saturated rings. The van der Waals surface area contributed by atoms with Crippen LogP contribution in [0.5, 0.6) is 17.2 Å². The van der Waals surface area contributed by atoms with Crippen LogP contribution in [0.25, 0.3) is 33.3 Å². The summed E-state index contributed by atoms with van der Waals surface area (Å²) in [6.07, 6.45) is 1.60. The first-order valence-electron chi connectivity index (χ1n) is 9.44. The van der Waals surface area contributed by atoms with Gasteiger partial charge >= 0.3 is 0 Å². The zero-order chi connectivity index (χ0) is 20.2. The molecule has 0 aliphatic rings. The van der Waals surface area contributed by atoms with E-state index >= 15 is 0 Å². The van der Waals surface area contributed by atoms with Crippen molar-refractivity contribution in [2.75, 3.05) is 20.8 Å². The Kier molecular flexibility index (Phi) is 5.29. The smallest absolute Gasteiger partial charge is 0.161 e. The predicted molar refractivity (Wildman–Crippen MR) is 115 cm³/mol. The van der Waals surface area contributed by atoms with E-state index in [1.54, 1.807) is 20.5 Å². The van der Waals surface area contributed by atoms with Crippen LogP contribution < -0.4 is 14.2 Å². The number of rotatable bonds is 6. The molecule has 4 aromatic rings. The lowest BCUT2D eigenvalue weighted by Crippen LogP contribution is -1.94. The Labute approximate surface area is 169 Å². The van der Waals surface area contributed by atoms with Crippen molar-refractivity contribution in [2.45, 2.75) is 6.92 Å². The minimum absolute atomic E-state index is 0.622. The summed E-state index contributed by atoms with van der Waals surface area (Å²) >= 11 is 0. The van der Waals surface area contributed by atoms with Crippen LogP contribution >= 0.6 is 0 Å². The number of methoxy groups -OCH3 is 2. The van der Waals surface area contributed by atoms with Crippen molar-refractivity contribution in [2.24, 2.45) is 0 Å². The molecule has 0 saturated heterocycles. The van der Waals surface area contributed by atoms with Gasteiger partial charge in [0.15, 0.2) is 11.5 Å². The van der Waals surface area contributed by atoms with Gasteiger partial charge in [0, 0.05) is 10.9 Å². The summed E-state index contributed by atoms with van der Waals surface area (Å²) in [5.74, 6) is 2.22. The molecule has 0 amide bonds.